The monoisotopic (exact) mass is 476 g/mol. The standard InChI is InChI=1S/C21H24N4O5S2/c1-15-3-6-18(13-20(15)31(27,28)23-2)24-21(26)17-9-11-25(12-10-17)32(29,30)19-7-4-16(14-22)5-8-19/h3-8,13,17,23H,9-12H2,1-2H3,(H,24,26). The first-order valence-corrected chi connectivity index (χ1v) is 12.9. The Labute approximate surface area is 188 Å². The van der Waals surface area contributed by atoms with Crippen LogP contribution in [0.5, 0.6) is 0 Å². The molecule has 0 unspecified atom stereocenters. The van der Waals surface area contributed by atoms with E-state index in [1.807, 2.05) is 6.07 Å². The number of hydrogen-bond donors (Lipinski definition) is 2. The largest absolute Gasteiger partial charge is 0.326 e. The molecule has 0 saturated carbocycles. The van der Waals surface area contributed by atoms with Gasteiger partial charge in [0.1, 0.15) is 0 Å². The molecule has 0 atom stereocenters. The molecule has 2 N–H and O–H groups in total. The van der Waals surface area contributed by atoms with E-state index in [9.17, 15) is 21.6 Å². The van der Waals surface area contributed by atoms with Crippen LogP contribution in [0.15, 0.2) is 52.3 Å². The minimum absolute atomic E-state index is 0.0844. The van der Waals surface area contributed by atoms with E-state index in [4.69, 9.17) is 5.26 Å². The van der Waals surface area contributed by atoms with E-state index in [1.165, 1.54) is 41.7 Å². The smallest absolute Gasteiger partial charge is 0.243 e. The summed E-state index contributed by atoms with van der Waals surface area (Å²) in [4.78, 5) is 12.9. The van der Waals surface area contributed by atoms with Crippen molar-refractivity contribution in [1.29, 1.82) is 5.26 Å². The van der Waals surface area contributed by atoms with Gasteiger partial charge in [0.2, 0.25) is 26.0 Å². The molecule has 1 saturated heterocycles. The van der Waals surface area contributed by atoms with Crippen molar-refractivity contribution in [3.05, 3.63) is 53.6 Å². The maximum Gasteiger partial charge on any atom is 0.243 e. The molecular weight excluding hydrogens is 452 g/mol. The summed E-state index contributed by atoms with van der Waals surface area (Å²) in [5.41, 5.74) is 1.29. The van der Waals surface area contributed by atoms with Crippen LogP contribution in [-0.2, 0) is 24.8 Å². The van der Waals surface area contributed by atoms with Crippen LogP contribution in [0.1, 0.15) is 24.0 Å². The van der Waals surface area contributed by atoms with Crippen molar-refractivity contribution < 1.29 is 21.6 Å². The van der Waals surface area contributed by atoms with Gasteiger partial charge in [0.05, 0.1) is 21.4 Å². The highest BCUT2D eigenvalue weighted by Crippen LogP contribution is 2.26. The molecule has 9 nitrogen and oxygen atoms in total. The Morgan fingerprint density at radius 3 is 2.25 bits per heavy atom. The van der Waals surface area contributed by atoms with E-state index in [0.717, 1.165) is 0 Å². The summed E-state index contributed by atoms with van der Waals surface area (Å²) >= 11 is 0. The number of piperidine rings is 1. The minimum atomic E-state index is -3.71. The van der Waals surface area contributed by atoms with E-state index in [0.29, 0.717) is 29.7 Å². The van der Waals surface area contributed by atoms with Crippen LogP contribution >= 0.6 is 0 Å². The lowest BCUT2D eigenvalue weighted by Gasteiger charge is -2.30. The number of carbonyl (C=O) groups excluding carboxylic acids is 1. The normalized spacial score (nSPS) is 15.8. The molecule has 1 aliphatic rings. The fraction of sp³-hybridized carbons (Fsp3) is 0.333. The van der Waals surface area contributed by atoms with Gasteiger partial charge in [-0.1, -0.05) is 6.07 Å². The summed E-state index contributed by atoms with van der Waals surface area (Å²) in [5.74, 6) is -0.676. The van der Waals surface area contributed by atoms with Gasteiger partial charge in [-0.15, -0.1) is 0 Å². The average molecular weight is 477 g/mol. The molecule has 1 amide bonds. The molecule has 0 bridgehead atoms. The highest BCUT2D eigenvalue weighted by molar-refractivity contribution is 7.89. The Bertz CT molecular complexity index is 1260. The first kappa shape index (κ1) is 23.9. The Hall–Kier alpha value is -2.78. The summed E-state index contributed by atoms with van der Waals surface area (Å²) in [6, 6.07) is 12.3. The topological polar surface area (TPSA) is 136 Å². The van der Waals surface area contributed by atoms with Crippen LogP contribution < -0.4 is 10.0 Å². The second kappa shape index (κ2) is 9.38. The Morgan fingerprint density at radius 2 is 1.69 bits per heavy atom. The molecule has 1 aliphatic heterocycles. The molecular formula is C21H24N4O5S2. The number of anilines is 1. The van der Waals surface area contributed by atoms with Crippen LogP contribution in [0.4, 0.5) is 5.69 Å². The van der Waals surface area contributed by atoms with Gasteiger partial charge in [0, 0.05) is 24.7 Å². The van der Waals surface area contributed by atoms with Crippen LogP contribution in [0.2, 0.25) is 0 Å². The van der Waals surface area contributed by atoms with E-state index in [2.05, 4.69) is 10.0 Å². The number of nitriles is 1. The zero-order chi connectivity index (χ0) is 23.5. The highest BCUT2D eigenvalue weighted by atomic mass is 32.2. The van der Waals surface area contributed by atoms with Gasteiger partial charge in [0.25, 0.3) is 0 Å². The SMILES string of the molecule is CNS(=O)(=O)c1cc(NC(=O)C2CCN(S(=O)(=O)c3ccc(C#N)cc3)CC2)ccc1C. The van der Waals surface area contributed by atoms with Gasteiger partial charge >= 0.3 is 0 Å². The van der Waals surface area contributed by atoms with Gasteiger partial charge in [-0.3, -0.25) is 4.79 Å². The fourth-order valence-electron chi connectivity index (χ4n) is 3.53. The maximum absolute atomic E-state index is 12.8. The summed E-state index contributed by atoms with van der Waals surface area (Å²) in [6.07, 6.45) is 0.684. The van der Waals surface area contributed by atoms with Gasteiger partial charge in [-0.25, -0.2) is 21.6 Å². The van der Waals surface area contributed by atoms with Gasteiger partial charge in [-0.2, -0.15) is 9.57 Å². The quantitative estimate of drug-likeness (QED) is 0.653. The lowest BCUT2D eigenvalue weighted by molar-refractivity contribution is -0.120. The molecule has 2 aromatic carbocycles. The number of nitrogens with zero attached hydrogens (tertiary/aromatic N) is 2. The Morgan fingerprint density at radius 1 is 1.06 bits per heavy atom. The molecule has 0 aliphatic carbocycles. The third-order valence-electron chi connectivity index (χ3n) is 5.46. The predicted molar refractivity (Wildman–Crippen MR) is 119 cm³/mol. The second-order valence-corrected chi connectivity index (χ2v) is 11.3. The molecule has 1 fully saturated rings. The number of sulfonamides is 2. The molecule has 1 heterocycles. The molecule has 3 rings (SSSR count). The number of aryl methyl sites for hydroxylation is 1. The van der Waals surface area contributed by atoms with Crippen molar-refractivity contribution >= 4 is 31.6 Å². The molecule has 32 heavy (non-hydrogen) atoms. The van der Waals surface area contributed by atoms with Crippen molar-refractivity contribution in [2.24, 2.45) is 5.92 Å². The molecule has 11 heteroatoms. The van der Waals surface area contributed by atoms with Gasteiger partial charge in [-0.05, 0) is 68.8 Å². The van der Waals surface area contributed by atoms with Crippen LogP contribution in [0.25, 0.3) is 0 Å². The minimum Gasteiger partial charge on any atom is -0.326 e. The van der Waals surface area contributed by atoms with Crippen molar-refractivity contribution in [3.63, 3.8) is 0 Å². The molecule has 2 aromatic rings. The van der Waals surface area contributed by atoms with Gasteiger partial charge in [0.15, 0.2) is 0 Å². The van der Waals surface area contributed by atoms with Crippen molar-refractivity contribution in [3.8, 4) is 6.07 Å². The number of hydrogen-bond acceptors (Lipinski definition) is 6. The lowest BCUT2D eigenvalue weighted by atomic mass is 9.97. The average Bonchev–Trinajstić information content (AvgIpc) is 2.80. The predicted octanol–water partition coefficient (Wildman–Crippen LogP) is 1.81. The maximum atomic E-state index is 12.8. The summed E-state index contributed by atoms with van der Waals surface area (Å²) in [6.45, 7) is 2.04. The summed E-state index contributed by atoms with van der Waals surface area (Å²) < 4.78 is 53.5. The van der Waals surface area contributed by atoms with E-state index in [-0.39, 0.29) is 28.8 Å². The first-order valence-electron chi connectivity index (χ1n) is 9.94. The number of rotatable bonds is 6. The zero-order valence-electron chi connectivity index (χ0n) is 17.7. The summed E-state index contributed by atoms with van der Waals surface area (Å²) in [5, 5.41) is 11.6. The fourth-order valence-corrected chi connectivity index (χ4v) is 5.99. The lowest BCUT2D eigenvalue weighted by Crippen LogP contribution is -2.41. The molecule has 0 radical (unpaired) electrons. The Kier molecular flexibility index (Phi) is 7.00. The highest BCUT2D eigenvalue weighted by Gasteiger charge is 2.32. The van der Waals surface area contributed by atoms with E-state index >= 15 is 0 Å². The third kappa shape index (κ3) is 4.99. The van der Waals surface area contributed by atoms with Crippen molar-refractivity contribution in [2.75, 3.05) is 25.5 Å². The van der Waals surface area contributed by atoms with Crippen LogP contribution in [0, 0.1) is 24.2 Å². The first-order chi connectivity index (χ1) is 15.1. The number of benzene rings is 2. The van der Waals surface area contributed by atoms with Gasteiger partial charge < -0.3 is 5.32 Å². The number of nitrogens with one attached hydrogen (secondary N) is 2. The third-order valence-corrected chi connectivity index (χ3v) is 8.93. The second-order valence-electron chi connectivity index (χ2n) is 7.49. The molecule has 170 valence electrons. The van der Waals surface area contributed by atoms with E-state index in [1.54, 1.807) is 19.1 Å². The summed E-state index contributed by atoms with van der Waals surface area (Å²) in [7, 11) is -6.05. The van der Waals surface area contributed by atoms with E-state index < -0.39 is 26.0 Å². The zero-order valence-corrected chi connectivity index (χ0v) is 19.3. The van der Waals surface area contributed by atoms with Crippen molar-refractivity contribution in [1.82, 2.24) is 9.03 Å². The van der Waals surface area contributed by atoms with Crippen molar-refractivity contribution in [2.45, 2.75) is 29.6 Å². The van der Waals surface area contributed by atoms with Crippen LogP contribution in [0.3, 0.4) is 0 Å². The number of amides is 1. The van der Waals surface area contributed by atoms with Crippen LogP contribution in [-0.4, -0.2) is 47.2 Å². The molecule has 0 aromatic heterocycles. The molecule has 0 spiro atoms. The number of carbonyl (C=O) groups is 1. The Balaban J connectivity index is 1.66.